The third-order valence-corrected chi connectivity index (χ3v) is 12.6. The fourth-order valence-corrected chi connectivity index (χ4v) is 12.9. The van der Waals surface area contributed by atoms with Crippen molar-refractivity contribution in [3.8, 4) is 11.3 Å². The molecule has 2 heteroatoms. The summed E-state index contributed by atoms with van der Waals surface area (Å²) in [6.07, 6.45) is 0. The fraction of sp³-hybridized carbons (Fsp3) is 0.483. The molecule has 2 aromatic carbocycles. The molecule has 0 saturated heterocycles. The molecule has 0 radical (unpaired) electrons. The van der Waals surface area contributed by atoms with Gasteiger partial charge in [-0.2, -0.15) is 0 Å². The summed E-state index contributed by atoms with van der Waals surface area (Å²) >= 11 is 0. The van der Waals surface area contributed by atoms with Crippen LogP contribution < -0.4 is 5.19 Å². The summed E-state index contributed by atoms with van der Waals surface area (Å²) in [5.41, 5.74) is 6.05. The lowest BCUT2D eigenvalue weighted by atomic mass is 10.0. The van der Waals surface area contributed by atoms with Gasteiger partial charge in [0.2, 0.25) is 0 Å². The molecular weight excluding hydrogens is 390 g/mol. The molecule has 166 valence electrons. The molecule has 1 heterocycles. The number of hydrogen-bond donors (Lipinski definition) is 0. The number of fused-ring (bicyclic) bond motifs is 1. The highest BCUT2D eigenvalue weighted by atomic mass is 28.3. The van der Waals surface area contributed by atoms with Crippen LogP contribution in [0.2, 0.25) is 18.1 Å². The van der Waals surface area contributed by atoms with Gasteiger partial charge in [0.1, 0.15) is 0 Å². The SMILES string of the molecule is Cc1cc(C)cc(-c2ccc3c([Si](CC(C)C)(CC(C)C)CC(C)C)cccc3n2)c1. The Hall–Kier alpha value is -1.93. The molecule has 3 rings (SSSR count). The minimum atomic E-state index is -1.68. The lowest BCUT2D eigenvalue weighted by Crippen LogP contribution is -2.50. The molecule has 3 aromatic rings. The topological polar surface area (TPSA) is 12.9 Å². The number of aromatic nitrogens is 1. The predicted molar refractivity (Wildman–Crippen MR) is 141 cm³/mol. The van der Waals surface area contributed by atoms with Gasteiger partial charge in [-0.1, -0.05) is 95.1 Å². The van der Waals surface area contributed by atoms with Crippen molar-refractivity contribution in [1.82, 2.24) is 4.98 Å². The molecule has 0 amide bonds. The molecule has 31 heavy (non-hydrogen) atoms. The third-order valence-electron chi connectivity index (χ3n) is 6.22. The summed E-state index contributed by atoms with van der Waals surface area (Å²) in [6.45, 7) is 18.8. The highest BCUT2D eigenvalue weighted by Crippen LogP contribution is 2.34. The first-order chi connectivity index (χ1) is 14.6. The van der Waals surface area contributed by atoms with Crippen molar-refractivity contribution >= 4 is 24.2 Å². The van der Waals surface area contributed by atoms with Gasteiger partial charge in [0.25, 0.3) is 0 Å². The Kier molecular flexibility index (Phi) is 7.42. The first kappa shape index (κ1) is 23.7. The Morgan fingerprint density at radius 2 is 1.26 bits per heavy atom. The lowest BCUT2D eigenvalue weighted by Gasteiger charge is -2.38. The minimum absolute atomic E-state index is 0.724. The van der Waals surface area contributed by atoms with Crippen molar-refractivity contribution in [2.45, 2.75) is 73.5 Å². The number of pyridine rings is 1. The van der Waals surface area contributed by atoms with Crippen LogP contribution >= 0.6 is 0 Å². The zero-order valence-electron chi connectivity index (χ0n) is 20.9. The van der Waals surface area contributed by atoms with Gasteiger partial charge in [-0.25, -0.2) is 4.98 Å². The predicted octanol–water partition coefficient (Wildman–Crippen LogP) is 8.14. The molecule has 0 N–H and O–H groups in total. The summed E-state index contributed by atoms with van der Waals surface area (Å²) in [4.78, 5) is 5.16. The molecule has 0 aliphatic heterocycles. The number of rotatable bonds is 8. The zero-order valence-corrected chi connectivity index (χ0v) is 21.9. The third kappa shape index (κ3) is 5.66. The molecule has 1 aromatic heterocycles. The van der Waals surface area contributed by atoms with Crippen LogP contribution in [0.15, 0.2) is 48.5 Å². The van der Waals surface area contributed by atoms with E-state index in [0.29, 0.717) is 0 Å². The molecule has 0 atom stereocenters. The molecule has 0 bridgehead atoms. The van der Waals surface area contributed by atoms with E-state index in [-0.39, 0.29) is 0 Å². The summed E-state index contributed by atoms with van der Waals surface area (Å²) in [5.74, 6) is 2.17. The van der Waals surface area contributed by atoms with E-state index in [1.807, 2.05) is 0 Å². The lowest BCUT2D eigenvalue weighted by molar-refractivity contribution is 0.650. The first-order valence-electron chi connectivity index (χ1n) is 12.1. The van der Waals surface area contributed by atoms with E-state index in [4.69, 9.17) is 4.98 Å². The van der Waals surface area contributed by atoms with Gasteiger partial charge >= 0.3 is 0 Å². The fourth-order valence-electron chi connectivity index (χ4n) is 5.83. The molecule has 0 saturated carbocycles. The van der Waals surface area contributed by atoms with E-state index in [2.05, 4.69) is 104 Å². The molecule has 0 fully saturated rings. The standard InChI is InChI=1S/C29H41NSi/c1-20(2)17-31(18-21(3)4,19-22(5)6)29-11-9-10-28-26(29)12-13-27(30-28)25-15-23(7)14-24(8)16-25/h9-16,20-22H,17-19H2,1-8H3. The quantitative estimate of drug-likeness (QED) is 0.328. The van der Waals surface area contributed by atoms with Crippen molar-refractivity contribution in [3.63, 3.8) is 0 Å². The molecule has 0 spiro atoms. The maximum absolute atomic E-state index is 5.16. The number of benzene rings is 2. The van der Waals surface area contributed by atoms with Crippen LogP contribution in [-0.4, -0.2) is 13.1 Å². The molecular formula is C29H41NSi. The normalized spacial score (nSPS) is 12.5. The van der Waals surface area contributed by atoms with E-state index < -0.39 is 8.07 Å². The second-order valence-corrected chi connectivity index (χ2v) is 15.3. The maximum atomic E-state index is 5.16. The Morgan fingerprint density at radius 1 is 0.710 bits per heavy atom. The summed E-state index contributed by atoms with van der Waals surface area (Å²) in [7, 11) is -1.68. The van der Waals surface area contributed by atoms with Gasteiger partial charge in [-0.15, -0.1) is 0 Å². The van der Waals surface area contributed by atoms with Crippen molar-refractivity contribution in [1.29, 1.82) is 0 Å². The van der Waals surface area contributed by atoms with Gasteiger partial charge < -0.3 is 0 Å². The van der Waals surface area contributed by atoms with E-state index in [1.54, 1.807) is 5.19 Å². The smallest absolute Gasteiger partial charge is 0.0883 e. The summed E-state index contributed by atoms with van der Waals surface area (Å²) < 4.78 is 0. The van der Waals surface area contributed by atoms with Gasteiger partial charge in [-0.3, -0.25) is 0 Å². The van der Waals surface area contributed by atoms with E-state index in [1.165, 1.54) is 40.2 Å². The van der Waals surface area contributed by atoms with E-state index >= 15 is 0 Å². The Balaban J connectivity index is 2.19. The van der Waals surface area contributed by atoms with Crippen molar-refractivity contribution in [2.75, 3.05) is 0 Å². The average Bonchev–Trinajstić information content (AvgIpc) is 2.64. The van der Waals surface area contributed by atoms with Crippen LogP contribution in [0, 0.1) is 31.6 Å². The average molecular weight is 432 g/mol. The highest BCUT2D eigenvalue weighted by molar-refractivity contribution is 6.93. The Bertz CT molecular complexity index is 985. The Morgan fingerprint density at radius 3 is 1.77 bits per heavy atom. The monoisotopic (exact) mass is 431 g/mol. The van der Waals surface area contributed by atoms with Crippen LogP contribution in [0.4, 0.5) is 0 Å². The second kappa shape index (κ2) is 9.69. The molecule has 0 aliphatic carbocycles. The van der Waals surface area contributed by atoms with E-state index in [9.17, 15) is 0 Å². The van der Waals surface area contributed by atoms with Crippen molar-refractivity contribution in [2.24, 2.45) is 17.8 Å². The van der Waals surface area contributed by atoms with Crippen molar-refractivity contribution in [3.05, 3.63) is 59.7 Å². The van der Waals surface area contributed by atoms with Gasteiger partial charge in [0, 0.05) is 5.56 Å². The van der Waals surface area contributed by atoms with Crippen LogP contribution in [0.1, 0.15) is 52.7 Å². The van der Waals surface area contributed by atoms with Crippen LogP contribution in [-0.2, 0) is 0 Å². The second-order valence-electron chi connectivity index (χ2n) is 11.0. The summed E-state index contributed by atoms with van der Waals surface area (Å²) in [6, 6.07) is 22.4. The Labute approximate surface area is 191 Å². The van der Waals surface area contributed by atoms with Gasteiger partial charge in [0.15, 0.2) is 0 Å². The van der Waals surface area contributed by atoms with Gasteiger partial charge in [-0.05, 0) is 66.4 Å². The van der Waals surface area contributed by atoms with Crippen LogP contribution in [0.25, 0.3) is 22.2 Å². The molecule has 0 aliphatic rings. The largest absolute Gasteiger partial charge is 0.248 e. The van der Waals surface area contributed by atoms with Crippen LogP contribution in [0.5, 0.6) is 0 Å². The number of nitrogens with zero attached hydrogens (tertiary/aromatic N) is 1. The molecule has 1 nitrogen and oxygen atoms in total. The number of hydrogen-bond acceptors (Lipinski definition) is 1. The van der Waals surface area contributed by atoms with Crippen molar-refractivity contribution < 1.29 is 0 Å². The minimum Gasteiger partial charge on any atom is -0.248 e. The van der Waals surface area contributed by atoms with E-state index in [0.717, 1.165) is 29.0 Å². The van der Waals surface area contributed by atoms with Crippen LogP contribution in [0.3, 0.4) is 0 Å². The zero-order chi connectivity index (χ0) is 22.8. The first-order valence-corrected chi connectivity index (χ1v) is 14.7. The van der Waals surface area contributed by atoms with Gasteiger partial charge in [0.05, 0.1) is 19.3 Å². The molecule has 0 unspecified atom stereocenters. The maximum Gasteiger partial charge on any atom is 0.0883 e. The number of aryl methyl sites for hydroxylation is 2. The highest BCUT2D eigenvalue weighted by Gasteiger charge is 2.38. The summed E-state index contributed by atoms with van der Waals surface area (Å²) in [5, 5.41) is 3.03.